The minimum Gasteiger partial charge on any atom is -0.493 e. The molecule has 0 radical (unpaired) electrons. The fraction of sp³-hybridized carbons (Fsp3) is 0.370. The van der Waals surface area contributed by atoms with Crippen LogP contribution in [0.1, 0.15) is 55.3 Å². The molecule has 0 aliphatic carbocycles. The van der Waals surface area contributed by atoms with Crippen molar-refractivity contribution in [1.82, 2.24) is 10.9 Å². The van der Waals surface area contributed by atoms with Crippen LogP contribution in [0.5, 0.6) is 23.0 Å². The summed E-state index contributed by atoms with van der Waals surface area (Å²) in [6.45, 7) is 7.63. The molecule has 0 aliphatic rings. The van der Waals surface area contributed by atoms with Crippen molar-refractivity contribution in [3.05, 3.63) is 47.5 Å². The Bertz CT molecular complexity index is 1220. The number of carbonyl (C=O) groups excluding carboxylic acids is 4. The highest BCUT2D eigenvalue weighted by Gasteiger charge is 2.18. The van der Waals surface area contributed by atoms with E-state index >= 15 is 0 Å². The number of methoxy groups -OCH3 is 2. The lowest BCUT2D eigenvalue weighted by Gasteiger charge is -2.19. The summed E-state index contributed by atoms with van der Waals surface area (Å²) >= 11 is 0. The monoisotopic (exact) mass is 562 g/mol. The number of carbonyl (C=O) groups is 5. The van der Waals surface area contributed by atoms with E-state index in [9.17, 15) is 24.0 Å². The van der Waals surface area contributed by atoms with Crippen molar-refractivity contribution >= 4 is 29.5 Å². The Morgan fingerprint density at radius 3 is 1.57 bits per heavy atom. The molecule has 2 amide bonds. The standard InChI is InChI=1S/C16H22N2O6.C11H12O5/c1-10(19)9-23-13-8-11(6-7-12(13)22-5)14(20)17-18-15(21)24-16(2,3)4;1-7(12)6-16-10-5-8(11(13)14)3-4-9(10)15-2/h6-8H,9H2,1-5H3,(H,17,20)(H,18,21);3-5H,6H2,1-2H3,(H,13,14). The van der Waals surface area contributed by atoms with Gasteiger partial charge in [-0.25, -0.2) is 15.0 Å². The number of rotatable bonds is 10. The van der Waals surface area contributed by atoms with E-state index in [1.807, 2.05) is 0 Å². The topological polar surface area (TPSA) is 176 Å². The number of benzene rings is 2. The van der Waals surface area contributed by atoms with Crippen molar-refractivity contribution in [2.45, 2.75) is 40.2 Å². The van der Waals surface area contributed by atoms with Crippen LogP contribution in [0, 0.1) is 0 Å². The first-order valence-corrected chi connectivity index (χ1v) is 11.8. The van der Waals surface area contributed by atoms with Crippen LogP contribution >= 0.6 is 0 Å². The van der Waals surface area contributed by atoms with Gasteiger partial charge in [-0.05, 0) is 71.0 Å². The van der Waals surface area contributed by atoms with Crippen molar-refractivity contribution < 1.29 is 52.8 Å². The van der Waals surface area contributed by atoms with E-state index in [4.69, 9.17) is 28.8 Å². The van der Waals surface area contributed by atoms with Crippen molar-refractivity contribution in [1.29, 1.82) is 0 Å². The van der Waals surface area contributed by atoms with Gasteiger partial charge in [-0.3, -0.25) is 19.8 Å². The summed E-state index contributed by atoms with van der Waals surface area (Å²) in [5, 5.41) is 8.79. The van der Waals surface area contributed by atoms with E-state index in [2.05, 4.69) is 10.9 Å². The van der Waals surface area contributed by atoms with Gasteiger partial charge in [0, 0.05) is 5.56 Å². The molecule has 0 spiro atoms. The van der Waals surface area contributed by atoms with Gasteiger partial charge >= 0.3 is 12.1 Å². The molecular formula is C27H34N2O11. The number of aromatic carboxylic acids is 1. The summed E-state index contributed by atoms with van der Waals surface area (Å²) < 4.78 is 25.5. The Hall–Kier alpha value is -4.81. The first-order valence-electron chi connectivity index (χ1n) is 11.8. The fourth-order valence-corrected chi connectivity index (χ4v) is 2.70. The molecule has 0 fully saturated rings. The van der Waals surface area contributed by atoms with Crippen LogP contribution in [0.25, 0.3) is 0 Å². The summed E-state index contributed by atoms with van der Waals surface area (Å²) in [7, 11) is 2.89. The maximum Gasteiger partial charge on any atom is 0.426 e. The second-order valence-corrected chi connectivity index (χ2v) is 9.10. The zero-order chi connectivity index (χ0) is 30.5. The second kappa shape index (κ2) is 15.6. The van der Waals surface area contributed by atoms with Crippen molar-refractivity contribution in [2.24, 2.45) is 0 Å². The van der Waals surface area contributed by atoms with Gasteiger partial charge in [0.05, 0.1) is 19.8 Å². The normalized spacial score (nSPS) is 10.2. The number of ketones is 2. The zero-order valence-corrected chi connectivity index (χ0v) is 23.4. The summed E-state index contributed by atoms with van der Waals surface area (Å²) in [6, 6.07) is 8.64. The minimum absolute atomic E-state index is 0.0827. The molecule has 13 nitrogen and oxygen atoms in total. The Labute approximate surface area is 231 Å². The number of hydrogen-bond donors (Lipinski definition) is 3. The molecule has 40 heavy (non-hydrogen) atoms. The molecule has 0 saturated carbocycles. The average Bonchev–Trinajstić information content (AvgIpc) is 2.88. The predicted octanol–water partition coefficient (Wildman–Crippen LogP) is 3.19. The quantitative estimate of drug-likeness (QED) is 0.363. The van der Waals surface area contributed by atoms with Gasteiger partial charge in [-0.15, -0.1) is 0 Å². The highest BCUT2D eigenvalue weighted by Crippen LogP contribution is 2.29. The number of Topliss-reactive ketones (excluding diaryl/α,β-unsaturated/α-hetero) is 2. The van der Waals surface area contributed by atoms with Crippen LogP contribution in [0.3, 0.4) is 0 Å². The lowest BCUT2D eigenvalue weighted by molar-refractivity contribution is -0.119. The molecule has 2 aromatic carbocycles. The molecule has 13 heteroatoms. The fourth-order valence-electron chi connectivity index (χ4n) is 2.70. The Kier molecular flexibility index (Phi) is 12.9. The van der Waals surface area contributed by atoms with Crippen LogP contribution < -0.4 is 29.8 Å². The highest BCUT2D eigenvalue weighted by molar-refractivity contribution is 5.95. The average molecular weight is 563 g/mol. The summed E-state index contributed by atoms with van der Waals surface area (Å²) in [5.41, 5.74) is 3.99. The largest absolute Gasteiger partial charge is 0.493 e. The molecule has 218 valence electrons. The maximum atomic E-state index is 12.1. The third-order valence-corrected chi connectivity index (χ3v) is 4.38. The van der Waals surface area contributed by atoms with E-state index in [0.717, 1.165) is 0 Å². The molecule has 0 heterocycles. The molecule has 0 bridgehead atoms. The van der Waals surface area contributed by atoms with Gasteiger partial charge in [0.25, 0.3) is 5.91 Å². The van der Waals surface area contributed by atoms with Gasteiger partial charge in [0.1, 0.15) is 18.8 Å². The minimum atomic E-state index is -1.06. The number of hydrazine groups is 1. The van der Waals surface area contributed by atoms with E-state index < -0.39 is 23.6 Å². The van der Waals surface area contributed by atoms with E-state index in [1.54, 1.807) is 20.8 Å². The lowest BCUT2D eigenvalue weighted by atomic mass is 10.2. The number of ether oxygens (including phenoxy) is 5. The number of hydrogen-bond acceptors (Lipinski definition) is 10. The molecule has 0 aliphatic heterocycles. The van der Waals surface area contributed by atoms with E-state index in [0.29, 0.717) is 11.5 Å². The Morgan fingerprint density at radius 1 is 0.725 bits per heavy atom. The smallest absolute Gasteiger partial charge is 0.426 e. The molecule has 0 saturated heterocycles. The molecule has 3 N–H and O–H groups in total. The van der Waals surface area contributed by atoms with Crippen LogP contribution in [-0.4, -0.2) is 67.7 Å². The third-order valence-electron chi connectivity index (χ3n) is 4.38. The highest BCUT2D eigenvalue weighted by atomic mass is 16.6. The van der Waals surface area contributed by atoms with Crippen LogP contribution in [-0.2, 0) is 14.3 Å². The molecule has 0 unspecified atom stereocenters. The van der Waals surface area contributed by atoms with E-state index in [-0.39, 0.29) is 47.4 Å². The number of nitrogens with one attached hydrogen (secondary N) is 2. The summed E-state index contributed by atoms with van der Waals surface area (Å²) in [5.74, 6) is -0.679. The van der Waals surface area contributed by atoms with Gasteiger partial charge < -0.3 is 28.8 Å². The second-order valence-electron chi connectivity index (χ2n) is 9.10. The van der Waals surface area contributed by atoms with Gasteiger partial charge in [-0.1, -0.05) is 0 Å². The van der Waals surface area contributed by atoms with Gasteiger partial charge in [0.15, 0.2) is 34.6 Å². The predicted molar refractivity (Wildman–Crippen MR) is 142 cm³/mol. The molecule has 0 atom stereocenters. The summed E-state index contributed by atoms with van der Waals surface area (Å²) in [4.78, 5) is 56.1. The SMILES string of the molecule is COc1ccc(C(=O)NNC(=O)OC(C)(C)C)cc1OCC(C)=O.COc1ccc(C(=O)O)cc1OCC(C)=O. The first-order chi connectivity index (χ1) is 18.7. The van der Waals surface area contributed by atoms with Crippen molar-refractivity contribution in [2.75, 3.05) is 27.4 Å². The number of carboxylic acid groups (broad SMARTS) is 1. The molecule has 0 aromatic heterocycles. The van der Waals surface area contributed by atoms with Crippen molar-refractivity contribution in [3.63, 3.8) is 0 Å². The van der Waals surface area contributed by atoms with Gasteiger partial charge in [-0.2, -0.15) is 0 Å². The molecule has 2 rings (SSSR count). The van der Waals surface area contributed by atoms with E-state index in [1.165, 1.54) is 64.5 Å². The molecule has 2 aromatic rings. The lowest BCUT2D eigenvalue weighted by Crippen LogP contribution is -2.44. The van der Waals surface area contributed by atoms with Crippen LogP contribution in [0.4, 0.5) is 4.79 Å². The summed E-state index contributed by atoms with van der Waals surface area (Å²) in [6.07, 6.45) is -0.780. The van der Waals surface area contributed by atoms with Crippen LogP contribution in [0.2, 0.25) is 0 Å². The first kappa shape index (κ1) is 33.2. The van der Waals surface area contributed by atoms with Gasteiger partial charge in [0.2, 0.25) is 0 Å². The number of amides is 2. The maximum absolute atomic E-state index is 12.1. The zero-order valence-electron chi connectivity index (χ0n) is 23.4. The van der Waals surface area contributed by atoms with Crippen LogP contribution in [0.15, 0.2) is 36.4 Å². The Morgan fingerprint density at radius 2 is 1.18 bits per heavy atom. The number of carboxylic acids is 1. The van der Waals surface area contributed by atoms with Crippen molar-refractivity contribution in [3.8, 4) is 23.0 Å². The Balaban J connectivity index is 0.000000433. The molecular weight excluding hydrogens is 528 g/mol. The third kappa shape index (κ3) is 12.2.